The SMILES string of the molecule is COc1ccc(C)c(CC(=O)N=O)c1. The first-order chi connectivity index (χ1) is 6.67. The fourth-order valence-corrected chi connectivity index (χ4v) is 1.16. The van der Waals surface area contributed by atoms with E-state index in [-0.39, 0.29) is 6.42 Å². The van der Waals surface area contributed by atoms with Crippen molar-refractivity contribution in [2.75, 3.05) is 7.11 Å². The Hall–Kier alpha value is -1.71. The van der Waals surface area contributed by atoms with Crippen molar-refractivity contribution in [2.45, 2.75) is 13.3 Å². The maximum atomic E-state index is 10.8. The lowest BCUT2D eigenvalue weighted by Crippen LogP contribution is -2.00. The molecule has 0 spiro atoms. The fraction of sp³-hybridized carbons (Fsp3) is 0.300. The highest BCUT2D eigenvalue weighted by atomic mass is 16.5. The van der Waals surface area contributed by atoms with Crippen molar-refractivity contribution in [3.05, 3.63) is 34.2 Å². The third-order valence-electron chi connectivity index (χ3n) is 2.00. The molecule has 0 fully saturated rings. The van der Waals surface area contributed by atoms with Gasteiger partial charge >= 0.3 is 0 Å². The Bertz CT molecular complexity index is 360. The lowest BCUT2D eigenvalue weighted by Gasteiger charge is -2.05. The van der Waals surface area contributed by atoms with Gasteiger partial charge in [0.2, 0.25) is 0 Å². The molecule has 0 aromatic heterocycles. The molecular weight excluding hydrogens is 182 g/mol. The molecule has 0 radical (unpaired) electrons. The van der Waals surface area contributed by atoms with Gasteiger partial charge in [0.05, 0.1) is 13.5 Å². The van der Waals surface area contributed by atoms with E-state index in [0.29, 0.717) is 5.75 Å². The Kier molecular flexibility index (Phi) is 3.34. The molecule has 0 aliphatic heterocycles. The minimum Gasteiger partial charge on any atom is -0.497 e. The van der Waals surface area contributed by atoms with Crippen molar-refractivity contribution in [1.82, 2.24) is 0 Å². The first kappa shape index (κ1) is 10.4. The molecule has 4 nitrogen and oxygen atoms in total. The summed E-state index contributed by atoms with van der Waals surface area (Å²) < 4.78 is 5.01. The zero-order valence-corrected chi connectivity index (χ0v) is 8.11. The Morgan fingerprint density at radius 2 is 2.21 bits per heavy atom. The highest BCUT2D eigenvalue weighted by Gasteiger charge is 2.06. The molecule has 0 aliphatic rings. The van der Waals surface area contributed by atoms with Gasteiger partial charge in [0.15, 0.2) is 0 Å². The molecule has 74 valence electrons. The van der Waals surface area contributed by atoms with E-state index in [1.165, 1.54) is 0 Å². The van der Waals surface area contributed by atoms with Gasteiger partial charge in [-0.3, -0.25) is 4.79 Å². The van der Waals surface area contributed by atoms with Crippen molar-refractivity contribution >= 4 is 5.91 Å². The maximum absolute atomic E-state index is 10.8. The Labute approximate surface area is 81.9 Å². The van der Waals surface area contributed by atoms with Gasteiger partial charge in [-0.1, -0.05) is 6.07 Å². The van der Waals surface area contributed by atoms with Crippen LogP contribution in [0.25, 0.3) is 0 Å². The second-order valence-electron chi connectivity index (χ2n) is 2.95. The number of carbonyl (C=O) groups is 1. The van der Waals surface area contributed by atoms with Gasteiger partial charge in [-0.25, -0.2) is 0 Å². The molecule has 0 atom stereocenters. The molecule has 0 saturated carbocycles. The van der Waals surface area contributed by atoms with Crippen molar-refractivity contribution < 1.29 is 9.53 Å². The number of amides is 1. The average Bonchev–Trinajstić information content (AvgIpc) is 2.21. The summed E-state index contributed by atoms with van der Waals surface area (Å²) in [6.45, 7) is 1.87. The van der Waals surface area contributed by atoms with Crippen LogP contribution in [0.5, 0.6) is 5.75 Å². The zero-order chi connectivity index (χ0) is 10.6. The number of benzene rings is 1. The van der Waals surface area contributed by atoms with Crippen molar-refractivity contribution in [3.8, 4) is 5.75 Å². The Morgan fingerprint density at radius 1 is 1.50 bits per heavy atom. The average molecular weight is 193 g/mol. The molecule has 14 heavy (non-hydrogen) atoms. The van der Waals surface area contributed by atoms with Crippen LogP contribution in [0.3, 0.4) is 0 Å². The minimum absolute atomic E-state index is 0.0343. The molecule has 4 heteroatoms. The van der Waals surface area contributed by atoms with E-state index < -0.39 is 5.91 Å². The molecule has 0 saturated heterocycles. The number of ether oxygens (including phenoxy) is 1. The van der Waals surface area contributed by atoms with Gasteiger partial charge in [0, 0.05) is 5.18 Å². The highest BCUT2D eigenvalue weighted by molar-refractivity contribution is 5.79. The number of nitrogens with zero attached hydrogens (tertiary/aromatic N) is 1. The number of methoxy groups -OCH3 is 1. The summed E-state index contributed by atoms with van der Waals surface area (Å²) in [6, 6.07) is 5.38. The molecule has 0 heterocycles. The van der Waals surface area contributed by atoms with Crippen LogP contribution < -0.4 is 4.74 Å². The maximum Gasteiger partial charge on any atom is 0.290 e. The summed E-state index contributed by atoms with van der Waals surface area (Å²) in [4.78, 5) is 20.8. The van der Waals surface area contributed by atoms with Crippen molar-refractivity contribution in [3.63, 3.8) is 0 Å². The molecule has 0 unspecified atom stereocenters. The summed E-state index contributed by atoms with van der Waals surface area (Å²) in [5.74, 6) is 0.00523. The summed E-state index contributed by atoms with van der Waals surface area (Å²) in [7, 11) is 1.55. The number of hydrogen-bond acceptors (Lipinski definition) is 3. The second-order valence-corrected chi connectivity index (χ2v) is 2.95. The molecule has 0 N–H and O–H groups in total. The van der Waals surface area contributed by atoms with E-state index in [1.54, 1.807) is 19.2 Å². The summed E-state index contributed by atoms with van der Waals surface area (Å²) in [5.41, 5.74) is 1.72. The molecule has 1 rings (SSSR count). The van der Waals surface area contributed by atoms with Crippen LogP contribution in [-0.2, 0) is 11.2 Å². The number of nitroso groups, excluding NO2 is 1. The standard InChI is InChI=1S/C10H11NO3/c1-7-3-4-9(14-2)5-8(7)6-10(12)11-13/h3-5H,6H2,1-2H3. The van der Waals surface area contributed by atoms with Crippen molar-refractivity contribution in [2.24, 2.45) is 5.18 Å². The van der Waals surface area contributed by atoms with E-state index in [1.807, 2.05) is 13.0 Å². The summed E-state index contributed by atoms with van der Waals surface area (Å²) in [5, 5.41) is 2.35. The van der Waals surface area contributed by atoms with Crippen LogP contribution in [0, 0.1) is 11.8 Å². The Balaban J connectivity index is 2.94. The van der Waals surface area contributed by atoms with Crippen LogP contribution in [0.4, 0.5) is 0 Å². The molecular formula is C10H11NO3. The van der Waals surface area contributed by atoms with Gasteiger partial charge in [0.25, 0.3) is 5.91 Å². The predicted molar refractivity (Wildman–Crippen MR) is 52.2 cm³/mol. The molecule has 0 aliphatic carbocycles. The number of hydrogen-bond donors (Lipinski definition) is 0. The van der Waals surface area contributed by atoms with E-state index in [9.17, 15) is 9.70 Å². The van der Waals surface area contributed by atoms with E-state index in [2.05, 4.69) is 5.18 Å². The zero-order valence-electron chi connectivity index (χ0n) is 8.11. The second kappa shape index (κ2) is 4.50. The minimum atomic E-state index is -0.665. The largest absolute Gasteiger partial charge is 0.497 e. The molecule has 1 aromatic rings. The van der Waals surface area contributed by atoms with E-state index >= 15 is 0 Å². The van der Waals surface area contributed by atoms with Crippen LogP contribution in [-0.4, -0.2) is 13.0 Å². The monoisotopic (exact) mass is 193 g/mol. The molecule has 1 amide bonds. The first-order valence-electron chi connectivity index (χ1n) is 4.17. The van der Waals surface area contributed by atoms with Gasteiger partial charge < -0.3 is 4.74 Å². The highest BCUT2D eigenvalue weighted by Crippen LogP contribution is 2.17. The van der Waals surface area contributed by atoms with Gasteiger partial charge in [-0.2, -0.15) is 0 Å². The van der Waals surface area contributed by atoms with Crippen LogP contribution in [0.1, 0.15) is 11.1 Å². The van der Waals surface area contributed by atoms with Gasteiger partial charge in [0.1, 0.15) is 5.75 Å². The number of rotatable bonds is 3. The third kappa shape index (κ3) is 2.39. The summed E-state index contributed by atoms with van der Waals surface area (Å²) >= 11 is 0. The smallest absolute Gasteiger partial charge is 0.290 e. The van der Waals surface area contributed by atoms with Crippen LogP contribution in [0.15, 0.2) is 23.4 Å². The molecule has 0 bridgehead atoms. The first-order valence-corrected chi connectivity index (χ1v) is 4.17. The number of aryl methyl sites for hydroxylation is 1. The topological polar surface area (TPSA) is 55.7 Å². The quantitative estimate of drug-likeness (QED) is 0.688. The van der Waals surface area contributed by atoms with Gasteiger partial charge in [-0.05, 0) is 30.2 Å². The van der Waals surface area contributed by atoms with Crippen molar-refractivity contribution in [1.29, 1.82) is 0 Å². The van der Waals surface area contributed by atoms with Crippen LogP contribution >= 0.6 is 0 Å². The predicted octanol–water partition coefficient (Wildman–Crippen LogP) is 1.84. The fourth-order valence-electron chi connectivity index (χ4n) is 1.16. The lowest BCUT2D eigenvalue weighted by molar-refractivity contribution is -0.117. The van der Waals surface area contributed by atoms with E-state index in [4.69, 9.17) is 4.74 Å². The number of carbonyl (C=O) groups excluding carboxylic acids is 1. The lowest BCUT2D eigenvalue weighted by atomic mass is 10.1. The molecule has 1 aromatic carbocycles. The third-order valence-corrected chi connectivity index (χ3v) is 2.00. The normalized spacial score (nSPS) is 9.57. The summed E-state index contributed by atoms with van der Waals surface area (Å²) in [6.07, 6.45) is 0.0343. The Morgan fingerprint density at radius 3 is 2.79 bits per heavy atom. The van der Waals surface area contributed by atoms with Crippen LogP contribution in [0.2, 0.25) is 0 Å². The van der Waals surface area contributed by atoms with E-state index in [0.717, 1.165) is 11.1 Å². The van der Waals surface area contributed by atoms with Gasteiger partial charge in [-0.15, -0.1) is 4.91 Å².